The average Bonchev–Trinajstić information content (AvgIpc) is 3.21. The molecule has 0 unspecified atom stereocenters. The van der Waals surface area contributed by atoms with Gasteiger partial charge >= 0.3 is 6.09 Å². The van der Waals surface area contributed by atoms with Gasteiger partial charge in [0.15, 0.2) is 0 Å². The van der Waals surface area contributed by atoms with Gasteiger partial charge in [-0.3, -0.25) is 9.58 Å². The van der Waals surface area contributed by atoms with Crippen LogP contribution in [0.15, 0.2) is 48.8 Å². The molecule has 1 aromatic heterocycles. The molecule has 3 heterocycles. The van der Waals surface area contributed by atoms with Crippen LogP contribution in [0.2, 0.25) is 5.02 Å². The van der Waals surface area contributed by atoms with E-state index in [1.807, 2.05) is 48.1 Å². The first-order valence-corrected chi connectivity index (χ1v) is 11.1. The van der Waals surface area contributed by atoms with Gasteiger partial charge in [-0.1, -0.05) is 17.7 Å². The van der Waals surface area contributed by atoms with Crippen LogP contribution < -0.4 is 15.0 Å². The number of benzene rings is 2. The molecule has 1 fully saturated rings. The summed E-state index contributed by atoms with van der Waals surface area (Å²) in [6, 6.07) is 11.7. The van der Waals surface area contributed by atoms with Crippen molar-refractivity contribution in [3.05, 3.63) is 59.4 Å². The summed E-state index contributed by atoms with van der Waals surface area (Å²) >= 11 is 6.21. The number of fused-ring (bicyclic) bond motifs is 1. The normalized spacial score (nSPS) is 18.1. The van der Waals surface area contributed by atoms with Crippen molar-refractivity contribution in [1.82, 2.24) is 15.1 Å². The summed E-state index contributed by atoms with van der Waals surface area (Å²) in [5, 5.41) is 8.45. The topological polar surface area (TPSA) is 68.6 Å². The summed E-state index contributed by atoms with van der Waals surface area (Å²) < 4.78 is 13.5. The molecule has 2 aromatic carbocycles. The van der Waals surface area contributed by atoms with E-state index in [1.54, 1.807) is 11.0 Å². The van der Waals surface area contributed by atoms with Gasteiger partial charge < -0.3 is 14.8 Å². The molecule has 0 radical (unpaired) electrons. The van der Waals surface area contributed by atoms with Crippen LogP contribution in [0.5, 0.6) is 11.5 Å². The molecule has 5 rings (SSSR count). The summed E-state index contributed by atoms with van der Waals surface area (Å²) in [4.78, 5) is 14.3. The number of methoxy groups -OCH3 is 1. The second-order valence-corrected chi connectivity index (χ2v) is 8.68. The molecule has 3 aromatic rings. The number of aromatic nitrogens is 2. The third-order valence-corrected chi connectivity index (χ3v) is 6.42. The van der Waals surface area contributed by atoms with Crippen molar-refractivity contribution in [1.29, 1.82) is 0 Å². The molecule has 32 heavy (non-hydrogen) atoms. The fourth-order valence-electron chi connectivity index (χ4n) is 4.31. The molecule has 1 amide bonds. The Labute approximate surface area is 191 Å². The van der Waals surface area contributed by atoms with Crippen LogP contribution in [0.25, 0.3) is 11.1 Å². The average molecular weight is 453 g/mol. The smallest absolute Gasteiger partial charge is 0.414 e. The maximum Gasteiger partial charge on any atom is 0.414 e. The number of nitrogens with zero attached hydrogens (tertiary/aromatic N) is 3. The highest BCUT2D eigenvalue weighted by Gasteiger charge is 2.32. The lowest BCUT2D eigenvalue weighted by atomic mass is 9.92. The molecule has 0 saturated carbocycles. The number of carbonyl (C=O) groups is 1. The van der Waals surface area contributed by atoms with E-state index in [4.69, 9.17) is 21.1 Å². The van der Waals surface area contributed by atoms with E-state index < -0.39 is 0 Å². The highest BCUT2D eigenvalue weighted by molar-refractivity contribution is 6.30. The molecular weight excluding hydrogens is 428 g/mol. The zero-order chi connectivity index (χ0) is 22.2. The first-order valence-electron chi connectivity index (χ1n) is 10.8. The second-order valence-electron chi connectivity index (χ2n) is 8.25. The summed E-state index contributed by atoms with van der Waals surface area (Å²) in [5.41, 5.74) is 3.69. The highest BCUT2D eigenvalue weighted by Crippen LogP contribution is 2.45. The Kier molecular flexibility index (Phi) is 5.53. The predicted octanol–water partition coefficient (Wildman–Crippen LogP) is 5.05. The first kappa shape index (κ1) is 20.8. The van der Waals surface area contributed by atoms with E-state index >= 15 is 0 Å². The minimum absolute atomic E-state index is 0.0358. The van der Waals surface area contributed by atoms with Crippen LogP contribution >= 0.6 is 11.6 Å². The molecule has 7 nitrogen and oxygen atoms in total. The van der Waals surface area contributed by atoms with Gasteiger partial charge in [0.05, 0.1) is 25.0 Å². The van der Waals surface area contributed by atoms with Gasteiger partial charge in [-0.05, 0) is 50.1 Å². The van der Waals surface area contributed by atoms with Gasteiger partial charge in [-0.2, -0.15) is 5.10 Å². The Bertz CT molecular complexity index is 1160. The quantitative estimate of drug-likeness (QED) is 0.600. The maximum absolute atomic E-state index is 12.6. The van der Waals surface area contributed by atoms with Crippen molar-refractivity contribution < 1.29 is 14.3 Å². The zero-order valence-corrected chi connectivity index (χ0v) is 18.8. The Balaban J connectivity index is 1.63. The van der Waals surface area contributed by atoms with Gasteiger partial charge in [-0.25, -0.2) is 4.79 Å². The van der Waals surface area contributed by atoms with E-state index in [0.717, 1.165) is 54.1 Å². The lowest BCUT2D eigenvalue weighted by Gasteiger charge is -2.35. The first-order chi connectivity index (χ1) is 15.5. The lowest BCUT2D eigenvalue weighted by molar-refractivity contribution is 0.175. The third kappa shape index (κ3) is 3.72. The molecule has 1 N–H and O–H groups in total. The van der Waals surface area contributed by atoms with Crippen LogP contribution in [-0.2, 0) is 11.2 Å². The van der Waals surface area contributed by atoms with Crippen molar-refractivity contribution in [2.45, 2.75) is 31.8 Å². The van der Waals surface area contributed by atoms with Gasteiger partial charge in [0.2, 0.25) is 0 Å². The Morgan fingerprint density at radius 3 is 2.81 bits per heavy atom. The zero-order valence-electron chi connectivity index (χ0n) is 18.0. The number of nitrogens with one attached hydrogen (secondary N) is 1. The summed E-state index contributed by atoms with van der Waals surface area (Å²) in [5.74, 6) is 1.36. The second kappa shape index (κ2) is 8.48. The third-order valence-electron chi connectivity index (χ3n) is 6.18. The Hall–Kier alpha value is -3.03. The van der Waals surface area contributed by atoms with Crippen LogP contribution in [0, 0.1) is 0 Å². The van der Waals surface area contributed by atoms with Crippen molar-refractivity contribution >= 4 is 23.4 Å². The number of hydrogen-bond donors (Lipinski definition) is 1. The van der Waals surface area contributed by atoms with Gasteiger partial charge in [0.25, 0.3) is 0 Å². The minimum Gasteiger partial charge on any atom is -0.456 e. The van der Waals surface area contributed by atoms with Crippen molar-refractivity contribution in [2.75, 3.05) is 25.1 Å². The number of anilines is 1. The number of halogens is 1. The van der Waals surface area contributed by atoms with Crippen LogP contribution in [0.1, 0.15) is 24.9 Å². The molecule has 8 heteroatoms. The highest BCUT2D eigenvalue weighted by atomic mass is 35.5. The number of ether oxygens (including phenoxy) is 2. The van der Waals surface area contributed by atoms with Crippen LogP contribution in [0.3, 0.4) is 0 Å². The number of hydrogen-bond acceptors (Lipinski definition) is 5. The Morgan fingerprint density at radius 2 is 2.09 bits per heavy atom. The standard InChI is InChI=1S/C24H25ClN4O3/c1-15-6-7-21-22(29(15)24(30)31-2)9-8-20(16-11-27-28(14-16)18-12-26-13-18)23(21)32-19-5-3-4-17(25)10-19/h3-5,8-11,14-15,18,26H,6-7,12-13H2,1-2H3/t15-/m0/s1. The van der Waals surface area contributed by atoms with Crippen molar-refractivity contribution in [3.8, 4) is 22.6 Å². The molecule has 0 bridgehead atoms. The summed E-state index contributed by atoms with van der Waals surface area (Å²) in [6.45, 7) is 3.87. The predicted molar refractivity (Wildman–Crippen MR) is 124 cm³/mol. The van der Waals surface area contributed by atoms with E-state index in [1.165, 1.54) is 7.11 Å². The molecule has 2 aliphatic heterocycles. The van der Waals surface area contributed by atoms with Crippen LogP contribution in [-0.4, -0.2) is 42.1 Å². The minimum atomic E-state index is -0.370. The van der Waals surface area contributed by atoms with Gasteiger partial charge in [0.1, 0.15) is 11.5 Å². The molecule has 1 saturated heterocycles. The molecule has 0 aliphatic carbocycles. The van der Waals surface area contributed by atoms with E-state index in [2.05, 4.69) is 16.6 Å². The molecular formula is C24H25ClN4O3. The summed E-state index contributed by atoms with van der Waals surface area (Å²) in [6.07, 6.45) is 5.15. The van der Waals surface area contributed by atoms with E-state index in [9.17, 15) is 4.79 Å². The van der Waals surface area contributed by atoms with Gasteiger partial charge in [0, 0.05) is 47.0 Å². The van der Waals surface area contributed by atoms with E-state index in [0.29, 0.717) is 16.8 Å². The number of carbonyl (C=O) groups excluding carboxylic acids is 1. The molecule has 1 atom stereocenters. The summed E-state index contributed by atoms with van der Waals surface area (Å²) in [7, 11) is 1.41. The number of rotatable bonds is 4. The van der Waals surface area contributed by atoms with Crippen LogP contribution in [0.4, 0.5) is 10.5 Å². The Morgan fingerprint density at radius 1 is 1.25 bits per heavy atom. The van der Waals surface area contributed by atoms with Crippen molar-refractivity contribution in [3.63, 3.8) is 0 Å². The maximum atomic E-state index is 12.6. The molecule has 166 valence electrons. The fraction of sp³-hybridized carbons (Fsp3) is 0.333. The molecule has 2 aliphatic rings. The van der Waals surface area contributed by atoms with E-state index in [-0.39, 0.29) is 12.1 Å². The monoisotopic (exact) mass is 452 g/mol. The lowest BCUT2D eigenvalue weighted by Crippen LogP contribution is -2.43. The fourth-order valence-corrected chi connectivity index (χ4v) is 4.49. The van der Waals surface area contributed by atoms with Crippen molar-refractivity contribution in [2.24, 2.45) is 0 Å². The number of amides is 1. The molecule has 0 spiro atoms. The SMILES string of the molecule is COC(=O)N1c2ccc(-c3cnn(C4CNC4)c3)c(Oc3cccc(Cl)c3)c2CC[C@@H]1C. The van der Waals surface area contributed by atoms with Gasteiger partial charge in [-0.15, -0.1) is 0 Å². The largest absolute Gasteiger partial charge is 0.456 e.